The maximum absolute atomic E-state index is 12.7. The number of rotatable bonds is 8. The van der Waals surface area contributed by atoms with Crippen LogP contribution >= 0.6 is 15.9 Å². The molecule has 0 aliphatic carbocycles. The Morgan fingerprint density at radius 3 is 2.44 bits per heavy atom. The van der Waals surface area contributed by atoms with Gasteiger partial charge in [0.05, 0.1) is 24.1 Å². The van der Waals surface area contributed by atoms with Gasteiger partial charge in [0.15, 0.2) is 0 Å². The van der Waals surface area contributed by atoms with Crippen LogP contribution in [0.15, 0.2) is 51.8 Å². The zero-order valence-corrected chi connectivity index (χ0v) is 17.9. The van der Waals surface area contributed by atoms with E-state index >= 15 is 0 Å². The van der Waals surface area contributed by atoms with E-state index < -0.39 is 10.0 Å². The van der Waals surface area contributed by atoms with Gasteiger partial charge in [0, 0.05) is 17.6 Å². The highest BCUT2D eigenvalue weighted by atomic mass is 79.9. The molecule has 8 heteroatoms. The third-order valence-corrected chi connectivity index (χ3v) is 6.58. The molecule has 0 spiro atoms. The van der Waals surface area contributed by atoms with Gasteiger partial charge < -0.3 is 10.1 Å². The monoisotopic (exact) mass is 454 g/mol. The van der Waals surface area contributed by atoms with Gasteiger partial charge in [0.1, 0.15) is 5.75 Å². The summed E-state index contributed by atoms with van der Waals surface area (Å²) in [5.74, 6) is 0.139. The summed E-state index contributed by atoms with van der Waals surface area (Å²) < 4.78 is 33.0. The molecule has 0 aliphatic rings. The highest BCUT2D eigenvalue weighted by Crippen LogP contribution is 2.29. The van der Waals surface area contributed by atoms with Crippen molar-refractivity contribution in [1.82, 2.24) is 4.31 Å². The largest absolute Gasteiger partial charge is 0.495 e. The van der Waals surface area contributed by atoms with Gasteiger partial charge in [-0.1, -0.05) is 41.9 Å². The Hall–Kier alpha value is -1.90. The summed E-state index contributed by atoms with van der Waals surface area (Å²) in [7, 11) is -2.16. The lowest BCUT2D eigenvalue weighted by molar-refractivity contribution is -0.115. The van der Waals surface area contributed by atoms with Gasteiger partial charge >= 0.3 is 0 Å². The number of halogens is 1. The van der Waals surface area contributed by atoms with Gasteiger partial charge in [-0.25, -0.2) is 8.42 Å². The third kappa shape index (κ3) is 5.31. The maximum Gasteiger partial charge on any atom is 0.243 e. The SMILES string of the molecule is CCN(CC)S(=O)(=O)c1ccc(OC)c(NC(=O)Cc2cccc(Br)c2)c1. The van der Waals surface area contributed by atoms with E-state index in [0.717, 1.165) is 10.0 Å². The average Bonchev–Trinajstić information content (AvgIpc) is 2.62. The first-order valence-corrected chi connectivity index (χ1v) is 10.8. The van der Waals surface area contributed by atoms with Gasteiger partial charge in [-0.15, -0.1) is 0 Å². The topological polar surface area (TPSA) is 75.7 Å². The minimum absolute atomic E-state index is 0.116. The minimum Gasteiger partial charge on any atom is -0.495 e. The fourth-order valence-corrected chi connectivity index (χ4v) is 4.62. The second kappa shape index (κ2) is 9.34. The standard InChI is InChI=1S/C19H23BrN2O4S/c1-4-22(5-2)27(24,25)16-9-10-18(26-3)17(13-16)21-19(23)12-14-7-6-8-15(20)11-14/h6-11,13H,4-5,12H2,1-3H3,(H,21,23). The molecule has 0 aromatic heterocycles. The minimum atomic E-state index is -3.63. The van der Waals surface area contributed by atoms with Crippen molar-refractivity contribution in [3.63, 3.8) is 0 Å². The number of ether oxygens (including phenoxy) is 1. The van der Waals surface area contributed by atoms with Crippen LogP contribution in [0.3, 0.4) is 0 Å². The second-order valence-corrected chi connectivity index (χ2v) is 8.66. The Labute approximate surface area is 168 Å². The summed E-state index contributed by atoms with van der Waals surface area (Å²) in [6.45, 7) is 4.31. The predicted molar refractivity (Wildman–Crippen MR) is 110 cm³/mol. The summed E-state index contributed by atoms with van der Waals surface area (Å²) in [5.41, 5.74) is 1.17. The molecule has 6 nitrogen and oxygen atoms in total. The predicted octanol–water partition coefficient (Wildman–Crippen LogP) is 3.67. The summed E-state index contributed by atoms with van der Waals surface area (Å²) in [5, 5.41) is 2.75. The van der Waals surface area contributed by atoms with Crippen LogP contribution in [0.1, 0.15) is 19.4 Å². The van der Waals surface area contributed by atoms with Crippen LogP contribution in [0, 0.1) is 0 Å². The molecule has 2 rings (SSSR count). The highest BCUT2D eigenvalue weighted by molar-refractivity contribution is 9.10. The number of methoxy groups -OCH3 is 1. The number of nitrogens with zero attached hydrogens (tertiary/aromatic N) is 1. The first-order chi connectivity index (χ1) is 12.8. The van der Waals surface area contributed by atoms with Crippen molar-refractivity contribution in [1.29, 1.82) is 0 Å². The molecule has 0 bridgehead atoms. The van der Waals surface area contributed by atoms with Crippen molar-refractivity contribution >= 4 is 37.5 Å². The van der Waals surface area contributed by atoms with Gasteiger partial charge in [-0.05, 0) is 35.9 Å². The first kappa shape index (κ1) is 21.4. The van der Waals surface area contributed by atoms with Crippen LogP contribution in [0.25, 0.3) is 0 Å². The molecule has 27 heavy (non-hydrogen) atoms. The molecule has 0 radical (unpaired) electrons. The van der Waals surface area contributed by atoms with E-state index in [4.69, 9.17) is 4.74 Å². The molecule has 0 atom stereocenters. The van der Waals surface area contributed by atoms with E-state index in [0.29, 0.717) is 24.5 Å². The van der Waals surface area contributed by atoms with E-state index in [1.807, 2.05) is 24.3 Å². The fourth-order valence-electron chi connectivity index (χ4n) is 2.68. The number of sulfonamides is 1. The summed E-state index contributed by atoms with van der Waals surface area (Å²) >= 11 is 3.38. The molecule has 0 aliphatic heterocycles. The molecule has 0 saturated carbocycles. The number of hydrogen-bond donors (Lipinski definition) is 1. The van der Waals surface area contributed by atoms with Crippen molar-refractivity contribution < 1.29 is 17.9 Å². The molecule has 0 fully saturated rings. The molecular weight excluding hydrogens is 432 g/mol. The molecule has 2 aromatic rings. The molecule has 2 aromatic carbocycles. The van der Waals surface area contributed by atoms with Crippen molar-refractivity contribution in [2.45, 2.75) is 25.2 Å². The normalized spacial score (nSPS) is 11.4. The van der Waals surface area contributed by atoms with Gasteiger partial charge in [0.25, 0.3) is 0 Å². The quantitative estimate of drug-likeness (QED) is 0.659. The number of amides is 1. The molecule has 1 N–H and O–H groups in total. The molecule has 0 heterocycles. The number of anilines is 1. The van der Waals surface area contributed by atoms with Crippen LogP contribution in [0.4, 0.5) is 5.69 Å². The van der Waals surface area contributed by atoms with Crippen molar-refractivity contribution in [3.05, 3.63) is 52.5 Å². The maximum atomic E-state index is 12.7. The van der Waals surface area contributed by atoms with Crippen LogP contribution in [0.5, 0.6) is 5.75 Å². The Morgan fingerprint density at radius 1 is 1.15 bits per heavy atom. The number of hydrogen-bond acceptors (Lipinski definition) is 4. The Morgan fingerprint density at radius 2 is 1.85 bits per heavy atom. The van der Waals surface area contributed by atoms with Crippen molar-refractivity contribution in [3.8, 4) is 5.75 Å². The molecule has 0 unspecified atom stereocenters. The number of carbonyl (C=O) groups excluding carboxylic acids is 1. The van der Waals surface area contributed by atoms with Crippen LogP contribution in [-0.2, 0) is 21.2 Å². The van der Waals surface area contributed by atoms with E-state index in [1.54, 1.807) is 19.9 Å². The van der Waals surface area contributed by atoms with Crippen molar-refractivity contribution in [2.24, 2.45) is 0 Å². The molecule has 0 saturated heterocycles. The first-order valence-electron chi connectivity index (χ1n) is 8.54. The smallest absolute Gasteiger partial charge is 0.243 e. The number of nitrogens with one attached hydrogen (secondary N) is 1. The van der Waals surface area contributed by atoms with Gasteiger partial charge in [0.2, 0.25) is 15.9 Å². The zero-order valence-electron chi connectivity index (χ0n) is 15.5. The number of carbonyl (C=O) groups is 1. The third-order valence-electron chi connectivity index (χ3n) is 4.04. The summed E-state index contributed by atoms with van der Waals surface area (Å²) in [6.07, 6.45) is 0.162. The van der Waals surface area contributed by atoms with Crippen molar-refractivity contribution in [2.75, 3.05) is 25.5 Å². The Kier molecular flexibility index (Phi) is 7.41. The van der Waals surface area contributed by atoms with Crippen LogP contribution in [0.2, 0.25) is 0 Å². The molecule has 146 valence electrons. The van der Waals surface area contributed by atoms with E-state index in [1.165, 1.54) is 23.5 Å². The summed E-state index contributed by atoms with van der Waals surface area (Å²) in [4.78, 5) is 12.5. The van der Waals surface area contributed by atoms with E-state index in [2.05, 4.69) is 21.2 Å². The second-order valence-electron chi connectivity index (χ2n) is 5.81. The van der Waals surface area contributed by atoms with Crippen LogP contribution in [-0.4, -0.2) is 38.8 Å². The highest BCUT2D eigenvalue weighted by Gasteiger charge is 2.23. The summed E-state index contributed by atoms with van der Waals surface area (Å²) in [6, 6.07) is 11.9. The average molecular weight is 455 g/mol. The Bertz CT molecular complexity index is 912. The lowest BCUT2D eigenvalue weighted by Gasteiger charge is -2.19. The Balaban J connectivity index is 2.28. The van der Waals surface area contributed by atoms with Crippen LogP contribution < -0.4 is 10.1 Å². The van der Waals surface area contributed by atoms with E-state index in [9.17, 15) is 13.2 Å². The lowest BCUT2D eigenvalue weighted by atomic mass is 10.1. The molecular formula is C19H23BrN2O4S. The van der Waals surface area contributed by atoms with Gasteiger partial charge in [-0.3, -0.25) is 4.79 Å². The van der Waals surface area contributed by atoms with E-state index in [-0.39, 0.29) is 17.2 Å². The number of benzene rings is 2. The van der Waals surface area contributed by atoms with Gasteiger partial charge in [-0.2, -0.15) is 4.31 Å². The fraction of sp³-hybridized carbons (Fsp3) is 0.316. The lowest BCUT2D eigenvalue weighted by Crippen LogP contribution is -2.30. The zero-order chi connectivity index (χ0) is 20.0. The molecule has 1 amide bonds.